The predicted molar refractivity (Wildman–Crippen MR) is 75.0 cm³/mol. The number of hydrogen-bond donors (Lipinski definition) is 2. The molecule has 2 aromatic rings. The average molecular weight is 286 g/mol. The van der Waals surface area contributed by atoms with E-state index in [0.717, 1.165) is 12.8 Å². The van der Waals surface area contributed by atoms with Gasteiger partial charge in [0.05, 0.1) is 11.6 Å². The van der Waals surface area contributed by atoms with Crippen LogP contribution in [0.3, 0.4) is 0 Å². The van der Waals surface area contributed by atoms with Crippen molar-refractivity contribution in [2.24, 2.45) is 0 Å². The number of benzene rings is 1. The number of nitrogens with one attached hydrogen (secondary N) is 1. The Labute approximate surface area is 120 Å². The van der Waals surface area contributed by atoms with Gasteiger partial charge in [-0.25, -0.2) is 4.79 Å². The van der Waals surface area contributed by atoms with Crippen LogP contribution in [-0.2, 0) is 0 Å². The molecule has 108 valence electrons. The van der Waals surface area contributed by atoms with Crippen LogP contribution >= 0.6 is 0 Å². The third-order valence-electron chi connectivity index (χ3n) is 3.35. The predicted octanol–water partition coefficient (Wildman–Crippen LogP) is 2.45. The van der Waals surface area contributed by atoms with Gasteiger partial charge in [-0.1, -0.05) is 0 Å². The second-order valence-electron chi connectivity index (χ2n) is 5.13. The number of hydrogen-bond acceptors (Lipinski definition) is 4. The van der Waals surface area contributed by atoms with E-state index in [9.17, 15) is 9.59 Å². The Morgan fingerprint density at radius 2 is 2.14 bits per heavy atom. The van der Waals surface area contributed by atoms with Crippen LogP contribution in [-0.4, -0.2) is 21.0 Å². The minimum atomic E-state index is -0.982. The maximum Gasteiger partial charge on any atom is 0.335 e. The van der Waals surface area contributed by atoms with Crippen molar-refractivity contribution in [2.75, 3.05) is 0 Å². The van der Waals surface area contributed by atoms with Gasteiger partial charge in [-0.05, 0) is 43.5 Å². The molecular weight excluding hydrogens is 272 g/mol. The van der Waals surface area contributed by atoms with Crippen molar-refractivity contribution in [1.82, 2.24) is 9.97 Å². The summed E-state index contributed by atoms with van der Waals surface area (Å²) >= 11 is 0. The second-order valence-corrected chi connectivity index (χ2v) is 5.13. The molecule has 0 amide bonds. The molecule has 0 radical (unpaired) electrons. The van der Waals surface area contributed by atoms with Gasteiger partial charge in [0.25, 0.3) is 5.56 Å². The third-order valence-corrected chi connectivity index (χ3v) is 3.35. The number of carboxylic acids is 1. The van der Waals surface area contributed by atoms with Crippen molar-refractivity contribution in [3.8, 4) is 11.6 Å². The van der Waals surface area contributed by atoms with Gasteiger partial charge in [0.1, 0.15) is 11.6 Å². The Morgan fingerprint density at radius 3 is 2.76 bits per heavy atom. The van der Waals surface area contributed by atoms with Crippen LogP contribution in [0.1, 0.15) is 40.5 Å². The highest BCUT2D eigenvalue weighted by Gasteiger charge is 2.26. The minimum Gasteiger partial charge on any atom is -0.478 e. The maximum atomic E-state index is 11.6. The van der Waals surface area contributed by atoms with Gasteiger partial charge in [-0.2, -0.15) is 4.98 Å². The fraction of sp³-hybridized carbons (Fsp3) is 0.267. The lowest BCUT2D eigenvalue weighted by atomic mass is 10.1. The van der Waals surface area contributed by atoms with Crippen molar-refractivity contribution in [2.45, 2.75) is 25.7 Å². The smallest absolute Gasteiger partial charge is 0.335 e. The zero-order valence-corrected chi connectivity index (χ0v) is 11.4. The summed E-state index contributed by atoms with van der Waals surface area (Å²) in [5, 5.41) is 8.99. The lowest BCUT2D eigenvalue weighted by Crippen LogP contribution is -2.10. The van der Waals surface area contributed by atoms with Crippen LogP contribution in [0.2, 0.25) is 0 Å². The molecule has 0 bridgehead atoms. The molecule has 0 aliphatic heterocycles. The van der Waals surface area contributed by atoms with E-state index in [2.05, 4.69) is 9.97 Å². The van der Waals surface area contributed by atoms with Crippen molar-refractivity contribution in [1.29, 1.82) is 0 Å². The van der Waals surface area contributed by atoms with E-state index in [1.165, 1.54) is 12.1 Å². The van der Waals surface area contributed by atoms with E-state index in [-0.39, 0.29) is 17.0 Å². The molecule has 6 heteroatoms. The monoisotopic (exact) mass is 286 g/mol. The van der Waals surface area contributed by atoms with Gasteiger partial charge in [0.2, 0.25) is 5.88 Å². The first-order chi connectivity index (χ1) is 10.0. The fourth-order valence-electron chi connectivity index (χ4n) is 2.12. The van der Waals surface area contributed by atoms with Gasteiger partial charge < -0.3 is 14.8 Å². The van der Waals surface area contributed by atoms with Crippen molar-refractivity contribution < 1.29 is 14.6 Å². The van der Waals surface area contributed by atoms with E-state index in [0.29, 0.717) is 23.1 Å². The molecule has 1 aromatic carbocycles. The number of aromatic amines is 1. The Hall–Kier alpha value is -2.63. The number of H-pyrrole nitrogens is 1. The summed E-state index contributed by atoms with van der Waals surface area (Å²) in [6.07, 6.45) is 2.05. The summed E-state index contributed by atoms with van der Waals surface area (Å²) in [5.41, 5.74) is 0.563. The first-order valence-electron chi connectivity index (χ1n) is 6.66. The average Bonchev–Trinajstić information content (AvgIpc) is 3.21. The second kappa shape index (κ2) is 5.05. The number of rotatable bonds is 4. The molecular formula is C15H14N2O4. The van der Waals surface area contributed by atoms with Crippen molar-refractivity contribution >= 4 is 5.97 Å². The van der Waals surface area contributed by atoms with Crippen LogP contribution in [0.5, 0.6) is 11.6 Å². The number of aryl methyl sites for hydroxylation is 1. The Kier molecular flexibility index (Phi) is 3.21. The Balaban J connectivity index is 1.88. The van der Waals surface area contributed by atoms with Gasteiger partial charge in [-0.15, -0.1) is 0 Å². The number of aromatic nitrogens is 2. The molecule has 3 rings (SSSR count). The molecule has 1 aliphatic carbocycles. The van der Waals surface area contributed by atoms with Gasteiger partial charge in [0.15, 0.2) is 0 Å². The number of carbonyl (C=O) groups is 1. The van der Waals surface area contributed by atoms with Crippen LogP contribution in [0, 0.1) is 6.92 Å². The summed E-state index contributed by atoms with van der Waals surface area (Å²) in [6, 6.07) is 5.92. The topological polar surface area (TPSA) is 92.3 Å². The molecule has 6 nitrogen and oxygen atoms in total. The molecule has 1 aromatic heterocycles. The summed E-state index contributed by atoms with van der Waals surface area (Å²) in [5.74, 6) is 0.665. The lowest BCUT2D eigenvalue weighted by Gasteiger charge is -2.08. The Morgan fingerprint density at radius 1 is 1.38 bits per heavy atom. The molecule has 21 heavy (non-hydrogen) atoms. The van der Waals surface area contributed by atoms with E-state index in [1.807, 2.05) is 0 Å². The zero-order chi connectivity index (χ0) is 15.0. The van der Waals surface area contributed by atoms with Crippen molar-refractivity contribution in [3.05, 3.63) is 51.6 Å². The highest BCUT2D eigenvalue weighted by molar-refractivity contribution is 5.89. The minimum absolute atomic E-state index is 0.222. The number of aromatic carboxylic acids is 1. The van der Waals surface area contributed by atoms with Crippen LogP contribution in [0.25, 0.3) is 0 Å². The molecule has 1 saturated carbocycles. The van der Waals surface area contributed by atoms with Gasteiger partial charge in [0, 0.05) is 5.92 Å². The van der Waals surface area contributed by atoms with Crippen LogP contribution in [0.15, 0.2) is 29.1 Å². The number of nitrogens with zero attached hydrogens (tertiary/aromatic N) is 1. The molecule has 1 fully saturated rings. The van der Waals surface area contributed by atoms with Gasteiger partial charge >= 0.3 is 5.97 Å². The summed E-state index contributed by atoms with van der Waals surface area (Å²) in [7, 11) is 0. The lowest BCUT2D eigenvalue weighted by molar-refractivity contribution is 0.0696. The standard InChI is InChI=1S/C15H14N2O4/c1-8-6-10(4-5-11(8)15(19)20)21-13-7-12(18)16-14(17-13)9-2-3-9/h4-7,9H,2-3H2,1H3,(H,19,20)(H,16,17,18). The maximum absolute atomic E-state index is 11.6. The molecule has 0 spiro atoms. The van der Waals surface area contributed by atoms with E-state index >= 15 is 0 Å². The fourth-order valence-corrected chi connectivity index (χ4v) is 2.12. The van der Waals surface area contributed by atoms with Crippen LogP contribution < -0.4 is 10.3 Å². The third kappa shape index (κ3) is 2.94. The molecule has 1 aliphatic rings. The molecule has 0 unspecified atom stereocenters. The first kappa shape index (κ1) is 13.4. The molecule has 0 saturated heterocycles. The van der Waals surface area contributed by atoms with Crippen LogP contribution in [0.4, 0.5) is 0 Å². The zero-order valence-electron chi connectivity index (χ0n) is 11.4. The Bertz CT molecular complexity index is 763. The highest BCUT2D eigenvalue weighted by Crippen LogP contribution is 2.38. The quantitative estimate of drug-likeness (QED) is 0.900. The summed E-state index contributed by atoms with van der Waals surface area (Å²) in [4.78, 5) is 29.5. The summed E-state index contributed by atoms with van der Waals surface area (Å²) in [6.45, 7) is 1.69. The van der Waals surface area contributed by atoms with Gasteiger partial charge in [-0.3, -0.25) is 4.79 Å². The normalized spacial score (nSPS) is 14.0. The number of ether oxygens (including phenoxy) is 1. The highest BCUT2D eigenvalue weighted by atomic mass is 16.5. The largest absolute Gasteiger partial charge is 0.478 e. The molecule has 2 N–H and O–H groups in total. The van der Waals surface area contributed by atoms with E-state index in [4.69, 9.17) is 9.84 Å². The van der Waals surface area contributed by atoms with Crippen molar-refractivity contribution in [3.63, 3.8) is 0 Å². The SMILES string of the molecule is Cc1cc(Oc2cc(=O)[nH]c(C3CC3)n2)ccc1C(=O)O. The molecule has 0 atom stereocenters. The van der Waals surface area contributed by atoms with E-state index in [1.54, 1.807) is 19.1 Å². The van der Waals surface area contributed by atoms with E-state index < -0.39 is 5.97 Å². The number of carboxylic acid groups (broad SMARTS) is 1. The summed E-state index contributed by atoms with van der Waals surface area (Å²) < 4.78 is 5.57. The first-order valence-corrected chi connectivity index (χ1v) is 6.66. The molecule has 1 heterocycles.